The van der Waals surface area contributed by atoms with E-state index in [0.717, 1.165) is 35.6 Å². The summed E-state index contributed by atoms with van der Waals surface area (Å²) < 4.78 is 5.80. The lowest BCUT2D eigenvalue weighted by Crippen LogP contribution is -2.32. The average molecular weight is 390 g/mol. The molecule has 1 aliphatic rings. The minimum Gasteiger partial charge on any atom is -0.379 e. The van der Waals surface area contributed by atoms with Crippen molar-refractivity contribution >= 4 is 29.3 Å². The van der Waals surface area contributed by atoms with Crippen molar-refractivity contribution < 1.29 is 9.53 Å². The molecule has 2 aromatic rings. The van der Waals surface area contributed by atoms with E-state index in [0.29, 0.717) is 18.2 Å². The van der Waals surface area contributed by atoms with Crippen molar-refractivity contribution in [3.63, 3.8) is 0 Å². The van der Waals surface area contributed by atoms with Crippen LogP contribution in [0, 0.1) is 6.92 Å². The Labute approximate surface area is 163 Å². The van der Waals surface area contributed by atoms with Gasteiger partial charge in [0, 0.05) is 29.9 Å². The van der Waals surface area contributed by atoms with E-state index >= 15 is 0 Å². The second-order valence-corrected chi connectivity index (χ2v) is 7.18. The Morgan fingerprint density at radius 1 is 1.37 bits per heavy atom. The molecule has 4 N–H and O–H groups in total. The van der Waals surface area contributed by atoms with Gasteiger partial charge >= 0.3 is 0 Å². The first-order valence-corrected chi connectivity index (χ1v) is 9.29. The Balaban J connectivity index is 1.99. The number of amides is 1. The number of halogens is 1. The number of ether oxygens (including phenoxy) is 1. The number of anilines is 2. The van der Waals surface area contributed by atoms with Crippen LogP contribution in [0.1, 0.15) is 42.1 Å². The molecule has 0 saturated carbocycles. The number of carbonyl (C=O) groups is 1. The highest BCUT2D eigenvalue weighted by molar-refractivity contribution is 6.31. The first-order chi connectivity index (χ1) is 12.9. The summed E-state index contributed by atoms with van der Waals surface area (Å²) in [4.78, 5) is 22.2. The van der Waals surface area contributed by atoms with Crippen molar-refractivity contribution in [1.82, 2.24) is 9.97 Å². The van der Waals surface area contributed by atoms with Gasteiger partial charge in [-0.2, -0.15) is 4.98 Å². The maximum atomic E-state index is 11.5. The number of nitrogen functional groups attached to an aromatic ring is 1. The second kappa shape index (κ2) is 8.10. The lowest BCUT2D eigenvalue weighted by atomic mass is 9.96. The Morgan fingerprint density at radius 3 is 2.81 bits per heavy atom. The standard InChI is InChI=1S/C19H24ClN5O2/c1-11-8-17(24-19(22)23-11)25-6-3-7-27-10-16(25)14-5-4-13(9-15(14)20)12(2)18(21)26/h4-5,8-9,12,16H,3,6-7,10H2,1-2H3,(H2,21,26)(H2,22,23,24). The zero-order valence-corrected chi connectivity index (χ0v) is 16.2. The summed E-state index contributed by atoms with van der Waals surface area (Å²) in [5.41, 5.74) is 13.8. The van der Waals surface area contributed by atoms with E-state index in [-0.39, 0.29) is 17.9 Å². The monoisotopic (exact) mass is 389 g/mol. The smallest absolute Gasteiger partial charge is 0.224 e. The number of rotatable bonds is 4. The van der Waals surface area contributed by atoms with E-state index in [4.69, 9.17) is 27.8 Å². The van der Waals surface area contributed by atoms with Gasteiger partial charge in [0.25, 0.3) is 0 Å². The first-order valence-electron chi connectivity index (χ1n) is 8.91. The van der Waals surface area contributed by atoms with Crippen LogP contribution >= 0.6 is 11.6 Å². The number of primary amides is 1. The number of hydrogen-bond donors (Lipinski definition) is 2. The number of benzene rings is 1. The Bertz CT molecular complexity index is 825. The van der Waals surface area contributed by atoms with Gasteiger partial charge in [-0.1, -0.05) is 23.7 Å². The van der Waals surface area contributed by atoms with Gasteiger partial charge < -0.3 is 21.1 Å². The van der Waals surface area contributed by atoms with Crippen molar-refractivity contribution in [3.8, 4) is 0 Å². The number of carbonyl (C=O) groups excluding carboxylic acids is 1. The molecule has 7 nitrogen and oxygen atoms in total. The molecule has 1 amide bonds. The fourth-order valence-electron chi connectivity index (χ4n) is 3.28. The van der Waals surface area contributed by atoms with Gasteiger partial charge in [0.1, 0.15) is 5.82 Å². The normalized spacial score (nSPS) is 18.8. The minimum atomic E-state index is -0.401. The zero-order valence-electron chi connectivity index (χ0n) is 15.5. The molecule has 1 fully saturated rings. The number of nitrogens with two attached hydrogens (primary N) is 2. The minimum absolute atomic E-state index is 0.119. The predicted molar refractivity (Wildman–Crippen MR) is 106 cm³/mol. The van der Waals surface area contributed by atoms with Crippen molar-refractivity contribution in [3.05, 3.63) is 46.1 Å². The van der Waals surface area contributed by atoms with Crippen LogP contribution in [0.3, 0.4) is 0 Å². The molecule has 2 atom stereocenters. The second-order valence-electron chi connectivity index (χ2n) is 6.77. The van der Waals surface area contributed by atoms with E-state index in [2.05, 4.69) is 14.9 Å². The van der Waals surface area contributed by atoms with Crippen molar-refractivity contribution in [2.75, 3.05) is 30.4 Å². The van der Waals surface area contributed by atoms with Crippen LogP contribution in [0.2, 0.25) is 5.02 Å². The van der Waals surface area contributed by atoms with E-state index in [1.807, 2.05) is 25.1 Å². The molecule has 0 radical (unpaired) electrons. The quantitative estimate of drug-likeness (QED) is 0.832. The molecule has 1 aromatic heterocycles. The topological polar surface area (TPSA) is 107 Å². The van der Waals surface area contributed by atoms with Crippen LogP contribution in [0.4, 0.5) is 11.8 Å². The summed E-state index contributed by atoms with van der Waals surface area (Å²) in [7, 11) is 0. The van der Waals surface area contributed by atoms with E-state index in [9.17, 15) is 4.79 Å². The molecule has 1 aromatic carbocycles. The van der Waals surface area contributed by atoms with Gasteiger partial charge in [-0.15, -0.1) is 0 Å². The molecule has 144 valence electrons. The first kappa shape index (κ1) is 19.4. The molecular weight excluding hydrogens is 366 g/mol. The molecular formula is C19H24ClN5O2. The summed E-state index contributed by atoms with van der Waals surface area (Å²) >= 11 is 6.59. The molecule has 0 aliphatic carbocycles. The van der Waals surface area contributed by atoms with E-state index in [1.54, 1.807) is 13.0 Å². The SMILES string of the molecule is Cc1cc(N2CCCOCC2c2ccc(C(C)C(N)=O)cc2Cl)nc(N)n1. The molecule has 3 rings (SSSR count). The Hall–Kier alpha value is -2.38. The third-order valence-corrected chi connectivity index (χ3v) is 5.13. The number of hydrogen-bond acceptors (Lipinski definition) is 6. The third kappa shape index (κ3) is 4.31. The predicted octanol–water partition coefficient (Wildman–Crippen LogP) is 2.58. The number of nitrogens with zero attached hydrogens (tertiary/aromatic N) is 3. The lowest BCUT2D eigenvalue weighted by Gasteiger charge is -2.31. The molecule has 27 heavy (non-hydrogen) atoms. The summed E-state index contributed by atoms with van der Waals surface area (Å²) in [5, 5.41) is 0.569. The van der Waals surface area contributed by atoms with Crippen LogP contribution < -0.4 is 16.4 Å². The average Bonchev–Trinajstić information content (AvgIpc) is 2.86. The Morgan fingerprint density at radius 2 is 2.15 bits per heavy atom. The van der Waals surface area contributed by atoms with Gasteiger partial charge in [-0.25, -0.2) is 4.98 Å². The summed E-state index contributed by atoms with van der Waals surface area (Å²) in [5.74, 6) is 0.208. The molecule has 0 bridgehead atoms. The highest BCUT2D eigenvalue weighted by Crippen LogP contribution is 2.34. The van der Waals surface area contributed by atoms with Gasteiger partial charge in [-0.3, -0.25) is 4.79 Å². The third-order valence-electron chi connectivity index (χ3n) is 4.80. The fourth-order valence-corrected chi connectivity index (χ4v) is 3.59. The van der Waals surface area contributed by atoms with E-state index < -0.39 is 5.92 Å². The van der Waals surface area contributed by atoms with Gasteiger partial charge in [0.05, 0.1) is 18.6 Å². The van der Waals surface area contributed by atoms with Crippen molar-refractivity contribution in [2.45, 2.75) is 32.2 Å². The summed E-state index contributed by atoms with van der Waals surface area (Å²) in [6.07, 6.45) is 0.869. The van der Waals surface area contributed by atoms with Gasteiger partial charge in [0.15, 0.2) is 0 Å². The zero-order chi connectivity index (χ0) is 19.6. The van der Waals surface area contributed by atoms with E-state index in [1.165, 1.54) is 0 Å². The molecule has 2 unspecified atom stereocenters. The summed E-state index contributed by atoms with van der Waals surface area (Å²) in [6, 6.07) is 7.41. The maximum Gasteiger partial charge on any atom is 0.224 e. The van der Waals surface area contributed by atoms with Crippen LogP contribution in [-0.4, -0.2) is 35.6 Å². The van der Waals surface area contributed by atoms with Crippen LogP contribution in [0.25, 0.3) is 0 Å². The molecule has 1 saturated heterocycles. The van der Waals surface area contributed by atoms with Crippen LogP contribution in [-0.2, 0) is 9.53 Å². The Kier molecular flexibility index (Phi) is 5.82. The summed E-state index contributed by atoms with van der Waals surface area (Å²) in [6.45, 7) is 5.56. The molecule has 1 aliphatic heterocycles. The lowest BCUT2D eigenvalue weighted by molar-refractivity contribution is -0.119. The van der Waals surface area contributed by atoms with Crippen molar-refractivity contribution in [2.24, 2.45) is 5.73 Å². The number of aromatic nitrogens is 2. The number of aryl methyl sites for hydroxylation is 1. The van der Waals surface area contributed by atoms with Crippen molar-refractivity contribution in [1.29, 1.82) is 0 Å². The highest BCUT2D eigenvalue weighted by Gasteiger charge is 2.27. The largest absolute Gasteiger partial charge is 0.379 e. The molecule has 0 spiro atoms. The van der Waals surface area contributed by atoms with Gasteiger partial charge in [0.2, 0.25) is 11.9 Å². The fraction of sp³-hybridized carbons (Fsp3) is 0.421. The molecule has 8 heteroatoms. The van der Waals surface area contributed by atoms with Crippen LogP contribution in [0.15, 0.2) is 24.3 Å². The maximum absolute atomic E-state index is 11.5. The van der Waals surface area contributed by atoms with Crippen LogP contribution in [0.5, 0.6) is 0 Å². The highest BCUT2D eigenvalue weighted by atomic mass is 35.5. The molecule has 2 heterocycles. The van der Waals surface area contributed by atoms with Gasteiger partial charge in [-0.05, 0) is 37.5 Å².